The Hall–Kier alpha value is -3.87. The van der Waals surface area contributed by atoms with Crippen LogP contribution in [0.4, 0.5) is 4.79 Å². The number of rotatable bonds is 3. The first-order chi connectivity index (χ1) is 14.9. The molecule has 0 bridgehead atoms. The van der Waals surface area contributed by atoms with E-state index in [0.29, 0.717) is 30.6 Å². The van der Waals surface area contributed by atoms with Gasteiger partial charge in [-0.3, -0.25) is 14.9 Å². The smallest absolute Gasteiger partial charge is 0.322 e. The van der Waals surface area contributed by atoms with Crippen molar-refractivity contribution < 1.29 is 18.8 Å². The van der Waals surface area contributed by atoms with E-state index in [4.69, 9.17) is 4.42 Å². The second kappa shape index (κ2) is 7.12. The van der Waals surface area contributed by atoms with Gasteiger partial charge in [-0.2, -0.15) is 0 Å². The molecule has 1 aromatic heterocycles. The molecule has 0 saturated carbocycles. The quantitative estimate of drug-likeness (QED) is 0.643. The van der Waals surface area contributed by atoms with E-state index >= 15 is 0 Å². The van der Waals surface area contributed by atoms with Crippen LogP contribution in [-0.2, 0) is 23.3 Å². The van der Waals surface area contributed by atoms with Gasteiger partial charge in [0.15, 0.2) is 0 Å². The van der Waals surface area contributed by atoms with Crippen LogP contribution in [0.15, 0.2) is 65.1 Å². The van der Waals surface area contributed by atoms with Crippen LogP contribution in [0.2, 0.25) is 0 Å². The maximum absolute atomic E-state index is 13.2. The van der Waals surface area contributed by atoms with E-state index in [0.717, 1.165) is 22.6 Å². The molecule has 3 aromatic rings. The van der Waals surface area contributed by atoms with Crippen LogP contribution >= 0.6 is 0 Å². The van der Waals surface area contributed by atoms with Crippen molar-refractivity contribution in [1.82, 2.24) is 15.5 Å². The van der Waals surface area contributed by atoms with Crippen molar-refractivity contribution in [3.8, 4) is 11.3 Å². The number of nitrogens with one attached hydrogen (secondary N) is 2. The number of urea groups is 1. The van der Waals surface area contributed by atoms with Crippen LogP contribution in [0, 0.1) is 0 Å². The van der Waals surface area contributed by atoms with Crippen molar-refractivity contribution in [3.63, 3.8) is 0 Å². The van der Waals surface area contributed by atoms with E-state index in [9.17, 15) is 14.4 Å². The van der Waals surface area contributed by atoms with Crippen molar-refractivity contribution in [1.29, 1.82) is 0 Å². The first-order valence-corrected chi connectivity index (χ1v) is 10.1. The summed E-state index contributed by atoms with van der Waals surface area (Å²) >= 11 is 0. The van der Waals surface area contributed by atoms with Crippen LogP contribution in [-0.4, -0.2) is 29.3 Å². The van der Waals surface area contributed by atoms with Gasteiger partial charge in [0.1, 0.15) is 17.1 Å². The zero-order valence-corrected chi connectivity index (χ0v) is 17.0. The fourth-order valence-corrected chi connectivity index (χ4v) is 4.13. The molecule has 2 N–H and O–H groups in total. The summed E-state index contributed by atoms with van der Waals surface area (Å²) in [5.74, 6) is 1.02. The van der Waals surface area contributed by atoms with E-state index in [-0.39, 0.29) is 5.91 Å². The number of nitrogens with zero attached hydrogens (tertiary/aromatic N) is 1. The van der Waals surface area contributed by atoms with E-state index in [2.05, 4.69) is 16.7 Å². The van der Waals surface area contributed by atoms with Crippen molar-refractivity contribution in [2.75, 3.05) is 6.54 Å². The van der Waals surface area contributed by atoms with Gasteiger partial charge in [-0.25, -0.2) is 4.79 Å². The Morgan fingerprint density at radius 2 is 1.87 bits per heavy atom. The van der Waals surface area contributed by atoms with Crippen LogP contribution in [0.3, 0.4) is 0 Å². The molecule has 156 valence electrons. The normalized spacial score (nSPS) is 20.2. The Bertz CT molecular complexity index is 1200. The van der Waals surface area contributed by atoms with Crippen LogP contribution < -0.4 is 10.6 Å². The topological polar surface area (TPSA) is 91.7 Å². The highest BCUT2D eigenvalue weighted by Gasteiger charge is 2.43. The van der Waals surface area contributed by atoms with Gasteiger partial charge in [-0.1, -0.05) is 42.5 Å². The second-order valence-electron chi connectivity index (χ2n) is 8.02. The van der Waals surface area contributed by atoms with Crippen molar-refractivity contribution in [3.05, 3.63) is 83.1 Å². The van der Waals surface area contributed by atoms with E-state index in [1.165, 1.54) is 0 Å². The van der Waals surface area contributed by atoms with Crippen LogP contribution in [0.1, 0.15) is 34.2 Å². The molecule has 1 fully saturated rings. The summed E-state index contributed by atoms with van der Waals surface area (Å²) in [7, 11) is 0. The summed E-state index contributed by atoms with van der Waals surface area (Å²) in [5.41, 5.74) is 1.95. The molecule has 0 radical (unpaired) electrons. The molecular formula is C24H21N3O4. The Morgan fingerprint density at radius 3 is 2.61 bits per heavy atom. The van der Waals surface area contributed by atoms with E-state index in [1.807, 2.05) is 30.3 Å². The lowest BCUT2D eigenvalue weighted by molar-refractivity contribution is -0.123. The number of imide groups is 1. The van der Waals surface area contributed by atoms with Crippen LogP contribution in [0.25, 0.3) is 11.3 Å². The van der Waals surface area contributed by atoms with Gasteiger partial charge in [-0.15, -0.1) is 0 Å². The van der Waals surface area contributed by atoms with Crippen molar-refractivity contribution in [2.45, 2.75) is 25.4 Å². The molecule has 1 atom stereocenters. The number of hydrogen-bond acceptors (Lipinski definition) is 4. The summed E-state index contributed by atoms with van der Waals surface area (Å²) in [6, 6.07) is 18.2. The Balaban J connectivity index is 1.38. The summed E-state index contributed by atoms with van der Waals surface area (Å²) in [6.45, 7) is 2.59. The molecule has 2 aromatic carbocycles. The highest BCUT2D eigenvalue weighted by molar-refractivity contribution is 6.07. The zero-order valence-electron chi connectivity index (χ0n) is 17.0. The largest absolute Gasteiger partial charge is 0.459 e. The minimum absolute atomic E-state index is 0.140. The number of carbonyl (C=O) groups excluding carboxylic acids is 3. The highest BCUT2D eigenvalue weighted by Crippen LogP contribution is 2.31. The predicted octanol–water partition coefficient (Wildman–Crippen LogP) is 3.20. The van der Waals surface area contributed by atoms with E-state index < -0.39 is 17.5 Å². The molecule has 0 aliphatic carbocycles. The predicted molar refractivity (Wildman–Crippen MR) is 113 cm³/mol. The average Bonchev–Trinajstić information content (AvgIpc) is 3.33. The lowest BCUT2D eigenvalue weighted by Crippen LogP contribution is -2.41. The average molecular weight is 415 g/mol. The van der Waals surface area contributed by atoms with Crippen molar-refractivity contribution in [2.24, 2.45) is 0 Å². The molecule has 7 heteroatoms. The summed E-state index contributed by atoms with van der Waals surface area (Å²) < 4.78 is 6.06. The second-order valence-corrected chi connectivity index (χ2v) is 8.02. The SMILES string of the molecule is CC1(c2cccc(C(=O)N3CCc4cc(-c5ccccc5)oc4C3)c2)NC(=O)NC1=O. The zero-order chi connectivity index (χ0) is 21.6. The first-order valence-electron chi connectivity index (χ1n) is 10.1. The third-order valence-corrected chi connectivity index (χ3v) is 5.96. The Labute approximate surface area is 179 Å². The standard InChI is InChI=1S/C24H21N3O4/c1-24(22(29)25-23(30)26-24)18-9-5-8-17(12-18)21(28)27-11-10-16-13-19(31-20(16)14-27)15-6-3-2-4-7-15/h2-9,12-13H,10-11,14H2,1H3,(H2,25,26,29,30). The summed E-state index contributed by atoms with van der Waals surface area (Å²) in [6.07, 6.45) is 0.716. The van der Waals surface area contributed by atoms with Gasteiger partial charge in [0, 0.05) is 17.7 Å². The van der Waals surface area contributed by atoms with Gasteiger partial charge in [0.2, 0.25) is 0 Å². The first kappa shape index (κ1) is 19.1. The van der Waals surface area contributed by atoms with Gasteiger partial charge in [0.05, 0.1) is 6.54 Å². The molecule has 0 spiro atoms. The number of fused-ring (bicyclic) bond motifs is 1. The molecule has 2 aliphatic rings. The molecule has 1 saturated heterocycles. The summed E-state index contributed by atoms with van der Waals surface area (Å²) in [5, 5.41) is 4.88. The van der Waals surface area contributed by atoms with Gasteiger partial charge in [-0.05, 0) is 42.7 Å². The third-order valence-electron chi connectivity index (χ3n) is 5.96. The van der Waals surface area contributed by atoms with Crippen LogP contribution in [0.5, 0.6) is 0 Å². The molecule has 1 unspecified atom stereocenters. The minimum atomic E-state index is -1.20. The fraction of sp³-hybridized carbons (Fsp3) is 0.208. The number of furan rings is 1. The lowest BCUT2D eigenvalue weighted by atomic mass is 9.91. The minimum Gasteiger partial charge on any atom is -0.459 e. The van der Waals surface area contributed by atoms with Gasteiger partial charge < -0.3 is 14.6 Å². The molecule has 4 amide bonds. The molecular weight excluding hydrogens is 394 g/mol. The molecule has 3 heterocycles. The van der Waals surface area contributed by atoms with E-state index in [1.54, 1.807) is 36.1 Å². The number of benzene rings is 2. The Kier molecular flexibility index (Phi) is 4.39. The molecule has 2 aliphatic heterocycles. The molecule has 7 nitrogen and oxygen atoms in total. The van der Waals surface area contributed by atoms with Crippen molar-refractivity contribution >= 4 is 17.8 Å². The number of carbonyl (C=O) groups is 3. The summed E-state index contributed by atoms with van der Waals surface area (Å²) in [4.78, 5) is 38.8. The highest BCUT2D eigenvalue weighted by atomic mass is 16.3. The Morgan fingerprint density at radius 1 is 1.06 bits per heavy atom. The number of hydrogen-bond donors (Lipinski definition) is 2. The maximum Gasteiger partial charge on any atom is 0.322 e. The lowest BCUT2D eigenvalue weighted by Gasteiger charge is -2.27. The van der Waals surface area contributed by atoms with Gasteiger partial charge >= 0.3 is 6.03 Å². The monoisotopic (exact) mass is 415 g/mol. The fourth-order valence-electron chi connectivity index (χ4n) is 4.13. The number of amides is 4. The third kappa shape index (κ3) is 3.28. The maximum atomic E-state index is 13.2. The molecule has 5 rings (SSSR count). The molecule has 31 heavy (non-hydrogen) atoms. The van der Waals surface area contributed by atoms with Gasteiger partial charge in [0.25, 0.3) is 11.8 Å².